The van der Waals surface area contributed by atoms with E-state index in [1.165, 1.54) is 26.0 Å². The van der Waals surface area contributed by atoms with Crippen molar-refractivity contribution in [1.82, 2.24) is 5.32 Å². The molecule has 306 valence electrons. The average molecular weight is 772 g/mol. The Morgan fingerprint density at radius 1 is 1.04 bits per heavy atom. The third kappa shape index (κ3) is 8.86. The van der Waals surface area contributed by atoms with E-state index in [1.54, 1.807) is 39.0 Å². The van der Waals surface area contributed by atoms with Crippen molar-refractivity contribution in [3.63, 3.8) is 0 Å². The lowest BCUT2D eigenvalue weighted by molar-refractivity contribution is -0.295. The van der Waals surface area contributed by atoms with E-state index in [1.807, 2.05) is 13.8 Å². The monoisotopic (exact) mass is 771 g/mol. The minimum Gasteiger partial charge on any atom is -0.504 e. The van der Waals surface area contributed by atoms with Crippen molar-refractivity contribution in [2.75, 3.05) is 19.8 Å². The summed E-state index contributed by atoms with van der Waals surface area (Å²) in [5, 5.41) is 49.8. The zero-order chi connectivity index (χ0) is 40.9. The molecule has 13 heteroatoms. The molecule has 1 saturated heterocycles. The second-order valence-corrected chi connectivity index (χ2v) is 16.3. The summed E-state index contributed by atoms with van der Waals surface area (Å²) in [6.07, 6.45) is -1.52. The van der Waals surface area contributed by atoms with Crippen LogP contribution in [0.3, 0.4) is 0 Å². The number of allylic oxidation sites excluding steroid dienone is 1. The van der Waals surface area contributed by atoms with Gasteiger partial charge in [-0.15, -0.1) is 0 Å². The molecule has 1 aliphatic heterocycles. The Morgan fingerprint density at radius 3 is 2.27 bits per heavy atom. The number of esters is 3. The smallest absolute Gasteiger partial charge is 0.338 e. The Labute approximate surface area is 324 Å². The molecular weight excluding hydrogens is 710 g/mol. The van der Waals surface area contributed by atoms with Crippen molar-refractivity contribution in [2.45, 2.75) is 142 Å². The van der Waals surface area contributed by atoms with Gasteiger partial charge in [-0.05, 0) is 62.4 Å². The topological polar surface area (TPSA) is 198 Å². The van der Waals surface area contributed by atoms with Crippen molar-refractivity contribution in [3.05, 3.63) is 58.4 Å². The van der Waals surface area contributed by atoms with Gasteiger partial charge in [0, 0.05) is 43.4 Å². The third-order valence-corrected chi connectivity index (χ3v) is 11.7. The van der Waals surface area contributed by atoms with E-state index in [4.69, 9.17) is 18.9 Å². The number of Topliss-reactive ketones (excluding diaryl/α,β-unsaturated/α-hetero) is 1. The first-order chi connectivity index (χ1) is 25.9. The molecule has 1 aromatic carbocycles. The molecule has 1 aromatic rings. The van der Waals surface area contributed by atoms with Gasteiger partial charge in [-0.2, -0.15) is 0 Å². The molecule has 3 aliphatic rings. The Morgan fingerprint density at radius 2 is 1.71 bits per heavy atom. The molecule has 5 N–H and O–H groups in total. The number of fused-ring (bicyclic) bond motifs is 2. The van der Waals surface area contributed by atoms with Crippen LogP contribution in [0.15, 0.2) is 52.8 Å². The maximum atomic E-state index is 14.5. The maximum absolute atomic E-state index is 14.5. The Kier molecular flexibility index (Phi) is 14.5. The first-order valence-electron chi connectivity index (χ1n) is 19.6. The molecule has 1 heterocycles. The fourth-order valence-corrected chi connectivity index (χ4v) is 8.69. The molecule has 0 aromatic heterocycles. The molecule has 0 amide bonds. The summed E-state index contributed by atoms with van der Waals surface area (Å²) in [4.78, 5) is 55.1. The number of ketones is 1. The Balaban J connectivity index is 1.87. The van der Waals surface area contributed by atoms with Crippen LogP contribution >= 0.6 is 0 Å². The number of ether oxygens (including phenoxy) is 4. The van der Waals surface area contributed by atoms with Gasteiger partial charge in [0.05, 0.1) is 18.1 Å². The lowest BCUT2D eigenvalue weighted by Crippen LogP contribution is -2.73. The van der Waals surface area contributed by atoms with Crippen molar-refractivity contribution in [3.8, 4) is 0 Å². The molecular formula is C42H61NO12. The summed E-state index contributed by atoms with van der Waals surface area (Å²) in [5.74, 6) is -5.43. The Hall–Kier alpha value is -3.62. The van der Waals surface area contributed by atoms with E-state index < -0.39 is 88.9 Å². The fourth-order valence-electron chi connectivity index (χ4n) is 8.69. The minimum atomic E-state index is -2.24. The van der Waals surface area contributed by atoms with Crippen LogP contribution in [-0.2, 0) is 33.3 Å². The van der Waals surface area contributed by atoms with Crippen LogP contribution in [-0.4, -0.2) is 106 Å². The summed E-state index contributed by atoms with van der Waals surface area (Å²) >= 11 is 0. The average Bonchev–Trinajstić information content (AvgIpc) is 3.12. The molecule has 0 unspecified atom stereocenters. The van der Waals surface area contributed by atoms with Gasteiger partial charge in [-0.3, -0.25) is 9.59 Å². The van der Waals surface area contributed by atoms with E-state index in [0.717, 1.165) is 25.7 Å². The van der Waals surface area contributed by atoms with Crippen LogP contribution in [0.5, 0.6) is 0 Å². The highest BCUT2D eigenvalue weighted by Gasteiger charge is 2.69. The lowest BCUT2D eigenvalue weighted by atomic mass is 9.53. The molecule has 0 radical (unpaired) electrons. The standard InChI is InChI=1S/C42H61NO12/c1-9-10-11-15-19-43-29(21-24(2)3)35(47)39(50)53-30-22-42(51)37(54-38(49)28-16-13-12-14-17-28)33(41(55-27(6)45)23-52-31(41)18-20-44)26(5)34(46)36(48)32(25(30)4)40(42,7)8/h12-14,16-17,24,29-31,33,35,37,43-44,46-47,51H,9-11,15,18-23H2,1-8H3/b34-26+/t29-,30-,31+,33+,35+,37-,41-,42+/m0/s1. The number of benzene rings is 1. The van der Waals surface area contributed by atoms with Gasteiger partial charge >= 0.3 is 17.9 Å². The number of carbonyl (C=O) groups excluding carboxylic acids is 4. The van der Waals surface area contributed by atoms with E-state index in [9.17, 15) is 39.6 Å². The second-order valence-electron chi connectivity index (χ2n) is 16.3. The van der Waals surface area contributed by atoms with Crippen LogP contribution in [0.25, 0.3) is 0 Å². The molecule has 55 heavy (non-hydrogen) atoms. The summed E-state index contributed by atoms with van der Waals surface area (Å²) < 4.78 is 24.1. The predicted molar refractivity (Wildman–Crippen MR) is 203 cm³/mol. The number of unbranched alkanes of at least 4 members (excludes halogenated alkanes) is 3. The number of hydrogen-bond acceptors (Lipinski definition) is 13. The molecule has 1 fully saturated rings. The normalized spacial score (nSPS) is 30.1. The van der Waals surface area contributed by atoms with Crippen molar-refractivity contribution < 1.29 is 58.6 Å². The van der Waals surface area contributed by atoms with Gasteiger partial charge in [0.15, 0.2) is 17.5 Å². The predicted octanol–water partition coefficient (Wildman–Crippen LogP) is 4.66. The summed E-state index contributed by atoms with van der Waals surface area (Å²) in [6, 6.07) is 7.39. The van der Waals surface area contributed by atoms with Crippen LogP contribution in [0, 0.1) is 17.3 Å². The van der Waals surface area contributed by atoms with Gasteiger partial charge in [0.25, 0.3) is 0 Å². The van der Waals surface area contributed by atoms with Gasteiger partial charge in [0.2, 0.25) is 5.78 Å². The lowest BCUT2D eigenvalue weighted by Gasteiger charge is -2.60. The zero-order valence-electron chi connectivity index (χ0n) is 33.6. The number of rotatable bonds is 17. The first kappa shape index (κ1) is 44.1. The van der Waals surface area contributed by atoms with Crippen molar-refractivity contribution in [2.24, 2.45) is 17.3 Å². The summed E-state index contributed by atoms with van der Waals surface area (Å²) in [6.45, 7) is 13.3. The largest absolute Gasteiger partial charge is 0.504 e. The SMILES string of the molecule is CCCCCCN[C@@H](CC(C)C)[C@@H](O)C(=O)O[C@H]1C[C@@]2(O)[C@@H](OC(=O)c3ccccc3)[C@H]([C@]3(OC(C)=O)CO[C@@H]3CCO)/C(C)=C(/O)C(=O)C(=C1C)C2(C)C. The van der Waals surface area contributed by atoms with Gasteiger partial charge in [-0.25, -0.2) is 9.59 Å². The number of carbonyl (C=O) groups is 4. The fraction of sp³-hybridized carbons (Fsp3) is 0.667. The molecule has 0 saturated carbocycles. The zero-order valence-corrected chi connectivity index (χ0v) is 33.6. The van der Waals surface area contributed by atoms with E-state index >= 15 is 0 Å². The number of aliphatic hydroxyl groups is 4. The molecule has 4 rings (SSSR count). The molecule has 2 bridgehead atoms. The molecule has 8 atom stereocenters. The highest BCUT2D eigenvalue weighted by Crippen LogP contribution is 2.58. The first-order valence-corrected chi connectivity index (χ1v) is 19.6. The Bertz CT molecular complexity index is 1620. The van der Waals surface area contributed by atoms with E-state index in [2.05, 4.69) is 12.2 Å². The van der Waals surface area contributed by atoms with Gasteiger partial charge in [0.1, 0.15) is 23.9 Å². The quantitative estimate of drug-likeness (QED) is 0.0834. The van der Waals surface area contributed by atoms with Crippen LogP contribution in [0.4, 0.5) is 0 Å². The number of aliphatic hydroxyl groups excluding tert-OH is 3. The number of nitrogens with one attached hydrogen (secondary N) is 1. The van der Waals surface area contributed by atoms with E-state index in [-0.39, 0.29) is 47.8 Å². The summed E-state index contributed by atoms with van der Waals surface area (Å²) in [7, 11) is 0. The van der Waals surface area contributed by atoms with Crippen LogP contribution in [0.2, 0.25) is 0 Å². The van der Waals surface area contributed by atoms with Crippen LogP contribution in [0.1, 0.15) is 111 Å². The second kappa shape index (κ2) is 18.1. The third-order valence-electron chi connectivity index (χ3n) is 11.7. The van der Waals surface area contributed by atoms with E-state index in [0.29, 0.717) is 13.0 Å². The molecule has 13 nitrogen and oxygen atoms in total. The highest BCUT2D eigenvalue weighted by molar-refractivity contribution is 6.09. The van der Waals surface area contributed by atoms with Crippen molar-refractivity contribution in [1.29, 1.82) is 0 Å². The minimum absolute atomic E-state index is 0.0283. The van der Waals surface area contributed by atoms with Gasteiger partial charge < -0.3 is 44.7 Å². The van der Waals surface area contributed by atoms with Crippen LogP contribution < -0.4 is 5.32 Å². The maximum Gasteiger partial charge on any atom is 0.338 e. The van der Waals surface area contributed by atoms with Crippen molar-refractivity contribution >= 4 is 23.7 Å². The van der Waals surface area contributed by atoms with Gasteiger partial charge in [-0.1, -0.05) is 72.1 Å². The highest BCUT2D eigenvalue weighted by atomic mass is 16.6. The number of hydrogen-bond donors (Lipinski definition) is 5. The molecule has 0 spiro atoms. The summed E-state index contributed by atoms with van der Waals surface area (Å²) in [5.41, 5.74) is -5.25. The molecule has 2 aliphatic carbocycles.